The lowest BCUT2D eigenvalue weighted by Crippen LogP contribution is -2.39. The van der Waals surface area contributed by atoms with Gasteiger partial charge in [0.25, 0.3) is 0 Å². The van der Waals surface area contributed by atoms with Gasteiger partial charge in [0.2, 0.25) is 0 Å². The van der Waals surface area contributed by atoms with Gasteiger partial charge in [-0.2, -0.15) is 0 Å². The highest BCUT2D eigenvalue weighted by Crippen LogP contribution is 2.33. The lowest BCUT2D eigenvalue weighted by atomic mass is 9.97. The van der Waals surface area contributed by atoms with Gasteiger partial charge in [-0.1, -0.05) is 24.3 Å². The number of benzene rings is 2. The van der Waals surface area contributed by atoms with Gasteiger partial charge in [-0.15, -0.1) is 10.2 Å². The van der Waals surface area contributed by atoms with Gasteiger partial charge in [-0.05, 0) is 108 Å². The third-order valence-electron chi connectivity index (χ3n) is 7.95. The van der Waals surface area contributed by atoms with Gasteiger partial charge in [0.05, 0.1) is 11.1 Å². The van der Waals surface area contributed by atoms with Gasteiger partial charge in [0.1, 0.15) is 22.8 Å². The molecule has 250 valence electrons. The SMILES string of the molecule is CCn1c(-c2ccc(C3=CCN(C(=O)OC(C)(C)C)CC3)cc2F)nnc1-c1ccc(C2=CCN(C(=O)OC(C)(C)C)CC2)cc1F. The van der Waals surface area contributed by atoms with Crippen LogP contribution in [0.4, 0.5) is 18.4 Å². The smallest absolute Gasteiger partial charge is 0.410 e. The summed E-state index contributed by atoms with van der Waals surface area (Å²) in [5, 5.41) is 8.54. The molecule has 0 radical (unpaired) electrons. The summed E-state index contributed by atoms with van der Waals surface area (Å²) in [6, 6.07) is 9.94. The first-order chi connectivity index (χ1) is 22.1. The number of nitrogens with zero attached hydrogens (tertiary/aromatic N) is 5. The number of halogens is 2. The topological polar surface area (TPSA) is 89.8 Å². The quantitative estimate of drug-likeness (QED) is 0.279. The Balaban J connectivity index is 1.31. The van der Waals surface area contributed by atoms with Crippen molar-refractivity contribution in [1.82, 2.24) is 24.6 Å². The average Bonchev–Trinajstić information content (AvgIpc) is 3.43. The van der Waals surface area contributed by atoms with E-state index < -0.39 is 22.8 Å². The Kier molecular flexibility index (Phi) is 9.56. The summed E-state index contributed by atoms with van der Waals surface area (Å²) in [7, 11) is 0. The number of aromatic nitrogens is 3. The fourth-order valence-corrected chi connectivity index (χ4v) is 5.64. The van der Waals surface area contributed by atoms with Crippen molar-refractivity contribution in [3.8, 4) is 22.8 Å². The highest BCUT2D eigenvalue weighted by Gasteiger charge is 2.27. The lowest BCUT2D eigenvalue weighted by Gasteiger charge is -2.29. The van der Waals surface area contributed by atoms with Crippen molar-refractivity contribution in [3.05, 3.63) is 71.3 Å². The first-order valence-electron chi connectivity index (χ1n) is 16.0. The Labute approximate surface area is 274 Å². The zero-order valence-electron chi connectivity index (χ0n) is 28.2. The Bertz CT molecular complexity index is 1610. The predicted octanol–water partition coefficient (Wildman–Crippen LogP) is 7.96. The van der Waals surface area contributed by atoms with Gasteiger partial charge < -0.3 is 23.8 Å². The van der Waals surface area contributed by atoms with E-state index in [-0.39, 0.29) is 23.3 Å². The molecule has 9 nitrogen and oxygen atoms in total. The Morgan fingerprint density at radius 1 is 0.723 bits per heavy atom. The molecular weight excluding hydrogens is 604 g/mol. The molecule has 2 aromatic carbocycles. The molecule has 0 aliphatic carbocycles. The van der Waals surface area contributed by atoms with E-state index in [9.17, 15) is 9.59 Å². The summed E-state index contributed by atoms with van der Waals surface area (Å²) >= 11 is 0. The van der Waals surface area contributed by atoms with Crippen LogP contribution in [0.5, 0.6) is 0 Å². The third-order valence-corrected chi connectivity index (χ3v) is 7.95. The van der Waals surface area contributed by atoms with Gasteiger partial charge in [0.15, 0.2) is 11.6 Å². The van der Waals surface area contributed by atoms with Crippen molar-refractivity contribution < 1.29 is 27.8 Å². The maximum absolute atomic E-state index is 15.6. The van der Waals surface area contributed by atoms with Crippen LogP contribution < -0.4 is 0 Å². The molecule has 0 atom stereocenters. The van der Waals surface area contributed by atoms with Crippen LogP contribution in [0.1, 0.15) is 72.4 Å². The van der Waals surface area contributed by atoms with E-state index in [0.29, 0.717) is 57.2 Å². The summed E-state index contributed by atoms with van der Waals surface area (Å²) in [6.07, 6.45) is 4.24. The maximum Gasteiger partial charge on any atom is 0.410 e. The molecule has 0 N–H and O–H groups in total. The molecule has 0 bridgehead atoms. The van der Waals surface area contributed by atoms with Crippen molar-refractivity contribution in [2.75, 3.05) is 26.2 Å². The van der Waals surface area contributed by atoms with Crippen molar-refractivity contribution in [2.24, 2.45) is 0 Å². The summed E-state index contributed by atoms with van der Waals surface area (Å²) in [4.78, 5) is 28.1. The molecule has 0 fully saturated rings. The first kappa shape index (κ1) is 33.8. The number of carbonyl (C=O) groups excluding carboxylic acids is 2. The summed E-state index contributed by atoms with van der Waals surface area (Å²) in [5.41, 5.74) is 2.73. The fourth-order valence-electron chi connectivity index (χ4n) is 5.64. The molecule has 3 aromatic rings. The molecule has 0 saturated carbocycles. The van der Waals surface area contributed by atoms with E-state index >= 15 is 8.78 Å². The van der Waals surface area contributed by atoms with Crippen LogP contribution in [-0.4, -0.2) is 74.1 Å². The van der Waals surface area contributed by atoms with E-state index in [0.717, 1.165) is 22.3 Å². The molecule has 11 heteroatoms. The van der Waals surface area contributed by atoms with Gasteiger partial charge >= 0.3 is 12.2 Å². The van der Waals surface area contributed by atoms with E-state index in [4.69, 9.17) is 9.47 Å². The van der Waals surface area contributed by atoms with Crippen LogP contribution in [0, 0.1) is 11.6 Å². The lowest BCUT2D eigenvalue weighted by molar-refractivity contribution is 0.0260. The van der Waals surface area contributed by atoms with Crippen LogP contribution in [0.15, 0.2) is 48.6 Å². The summed E-state index contributed by atoms with van der Waals surface area (Å²) < 4.78 is 43.8. The van der Waals surface area contributed by atoms with E-state index in [1.807, 2.05) is 72.8 Å². The van der Waals surface area contributed by atoms with E-state index in [1.165, 1.54) is 12.1 Å². The van der Waals surface area contributed by atoms with Gasteiger partial charge in [-0.3, -0.25) is 0 Å². The molecular formula is C36H43F2N5O4. The minimum absolute atomic E-state index is 0.264. The molecule has 1 aromatic heterocycles. The zero-order chi connectivity index (χ0) is 34.1. The second kappa shape index (κ2) is 13.3. The highest BCUT2D eigenvalue weighted by molar-refractivity contribution is 5.76. The normalized spacial score (nSPS) is 15.7. The monoisotopic (exact) mass is 647 g/mol. The molecule has 0 spiro atoms. The minimum atomic E-state index is -0.574. The fraction of sp³-hybridized carbons (Fsp3) is 0.444. The number of ether oxygens (including phenoxy) is 2. The van der Waals surface area contributed by atoms with E-state index in [1.54, 1.807) is 26.5 Å². The molecule has 3 heterocycles. The second-order valence-electron chi connectivity index (χ2n) is 13.8. The summed E-state index contributed by atoms with van der Waals surface area (Å²) in [5.74, 6) is -0.318. The molecule has 2 aliphatic heterocycles. The predicted molar refractivity (Wildman–Crippen MR) is 177 cm³/mol. The number of hydrogen-bond acceptors (Lipinski definition) is 6. The number of rotatable bonds is 5. The number of amides is 2. The van der Waals surface area contributed by atoms with Gasteiger partial charge in [-0.25, -0.2) is 18.4 Å². The largest absolute Gasteiger partial charge is 0.444 e. The van der Waals surface area contributed by atoms with Crippen LogP contribution in [0.3, 0.4) is 0 Å². The van der Waals surface area contributed by atoms with E-state index in [2.05, 4.69) is 10.2 Å². The third kappa shape index (κ3) is 7.89. The molecule has 0 unspecified atom stereocenters. The van der Waals surface area contributed by atoms with Crippen LogP contribution in [0.2, 0.25) is 0 Å². The molecule has 0 saturated heterocycles. The summed E-state index contributed by atoms with van der Waals surface area (Å²) in [6.45, 7) is 15.0. The Morgan fingerprint density at radius 2 is 1.13 bits per heavy atom. The zero-order valence-corrected chi connectivity index (χ0v) is 28.2. The molecule has 2 amide bonds. The van der Waals surface area contributed by atoms with Crippen molar-refractivity contribution in [2.45, 2.75) is 79.1 Å². The standard InChI is InChI=1S/C36H43F2N5O4/c1-8-43-31(27-11-9-25(21-29(27)37)23-13-17-41(18-14-23)33(44)46-35(2,3)4)39-40-32(43)28-12-10-26(22-30(28)38)24-15-19-42(20-16-24)34(45)47-36(5,6)7/h9-13,15,21-22H,8,14,16-20H2,1-7H3. The van der Waals surface area contributed by atoms with Crippen LogP contribution in [0.25, 0.3) is 33.9 Å². The van der Waals surface area contributed by atoms with Gasteiger partial charge in [0, 0.05) is 32.7 Å². The Morgan fingerprint density at radius 3 is 1.43 bits per heavy atom. The highest BCUT2D eigenvalue weighted by atomic mass is 19.1. The maximum atomic E-state index is 15.6. The molecule has 47 heavy (non-hydrogen) atoms. The van der Waals surface area contributed by atoms with Crippen LogP contribution in [-0.2, 0) is 16.0 Å². The van der Waals surface area contributed by atoms with Crippen LogP contribution >= 0.6 is 0 Å². The minimum Gasteiger partial charge on any atom is -0.444 e. The molecule has 2 aliphatic rings. The molecule has 5 rings (SSSR count). The first-order valence-corrected chi connectivity index (χ1v) is 16.0. The van der Waals surface area contributed by atoms with Crippen molar-refractivity contribution >= 4 is 23.3 Å². The second-order valence-corrected chi connectivity index (χ2v) is 13.8. The van der Waals surface area contributed by atoms with Crippen molar-refractivity contribution in [1.29, 1.82) is 0 Å². The number of carbonyl (C=O) groups is 2. The van der Waals surface area contributed by atoms with Crippen molar-refractivity contribution in [3.63, 3.8) is 0 Å². The number of hydrogen-bond donors (Lipinski definition) is 0. The Hall–Kier alpha value is -4.54. The average molecular weight is 648 g/mol.